The highest BCUT2D eigenvalue weighted by atomic mass is 16.5. The van der Waals surface area contributed by atoms with Crippen LogP contribution >= 0.6 is 0 Å². The average molecular weight is 400 g/mol. The summed E-state index contributed by atoms with van der Waals surface area (Å²) in [5.41, 5.74) is 1.67. The summed E-state index contributed by atoms with van der Waals surface area (Å²) >= 11 is 0. The van der Waals surface area contributed by atoms with Crippen molar-refractivity contribution in [2.45, 2.75) is 39.2 Å². The Bertz CT molecular complexity index is 850. The quantitative estimate of drug-likeness (QED) is 0.809. The third kappa shape index (κ3) is 4.34. The smallest absolute Gasteiger partial charge is 0.227 e. The number of carbonyl (C=O) groups excluding carboxylic acids is 1. The molecule has 2 aliphatic heterocycles. The normalized spacial score (nSPS) is 20.2. The van der Waals surface area contributed by atoms with Crippen LogP contribution in [0.4, 0.5) is 11.8 Å². The standard InChI is InChI=1S/C20H28N6O3/c1-14-17(15(2)29-23-14)12-19(28)24-7-3-8-25(11-10-24)20-21-6-4-18(22-20)26-9-5-16(27)13-26/h4,6,16,27H,3,5,7-13H2,1-2H3. The van der Waals surface area contributed by atoms with Crippen molar-refractivity contribution >= 4 is 17.7 Å². The highest BCUT2D eigenvalue weighted by Crippen LogP contribution is 2.21. The average Bonchev–Trinajstić information content (AvgIpc) is 3.18. The SMILES string of the molecule is Cc1noc(C)c1CC(=O)N1CCCN(c2nccc(N3CCC(O)C3)n2)CC1. The summed E-state index contributed by atoms with van der Waals surface area (Å²) in [4.78, 5) is 28.1. The minimum Gasteiger partial charge on any atom is -0.391 e. The number of aromatic nitrogens is 3. The van der Waals surface area contributed by atoms with Gasteiger partial charge >= 0.3 is 0 Å². The maximum atomic E-state index is 12.8. The van der Waals surface area contributed by atoms with Gasteiger partial charge in [0.25, 0.3) is 0 Å². The van der Waals surface area contributed by atoms with Gasteiger partial charge in [-0.1, -0.05) is 5.16 Å². The second-order valence-electron chi connectivity index (χ2n) is 7.80. The Morgan fingerprint density at radius 2 is 2.07 bits per heavy atom. The van der Waals surface area contributed by atoms with Gasteiger partial charge in [-0.05, 0) is 32.8 Å². The molecule has 2 aromatic rings. The highest BCUT2D eigenvalue weighted by molar-refractivity contribution is 5.79. The summed E-state index contributed by atoms with van der Waals surface area (Å²) in [5, 5.41) is 13.7. The van der Waals surface area contributed by atoms with Crippen molar-refractivity contribution in [2.24, 2.45) is 0 Å². The topological polar surface area (TPSA) is 98.8 Å². The van der Waals surface area contributed by atoms with E-state index in [0.29, 0.717) is 37.8 Å². The molecule has 1 unspecified atom stereocenters. The molecule has 0 aromatic carbocycles. The molecule has 2 aliphatic rings. The fourth-order valence-electron chi connectivity index (χ4n) is 4.00. The number of rotatable bonds is 4. The number of amides is 1. The van der Waals surface area contributed by atoms with E-state index >= 15 is 0 Å². The molecule has 0 aliphatic carbocycles. The summed E-state index contributed by atoms with van der Waals surface area (Å²) in [7, 11) is 0. The molecule has 156 valence electrons. The van der Waals surface area contributed by atoms with Gasteiger partial charge in [0.05, 0.1) is 18.2 Å². The lowest BCUT2D eigenvalue weighted by atomic mass is 10.1. The fraction of sp³-hybridized carbons (Fsp3) is 0.600. The molecule has 9 nitrogen and oxygen atoms in total. The number of β-amino-alcohol motifs (C(OH)–C–C–N with tert-alkyl or cyclic N) is 1. The fourth-order valence-corrected chi connectivity index (χ4v) is 4.00. The lowest BCUT2D eigenvalue weighted by molar-refractivity contribution is -0.130. The number of aryl methyl sites for hydroxylation is 2. The second-order valence-corrected chi connectivity index (χ2v) is 7.80. The maximum absolute atomic E-state index is 12.8. The van der Waals surface area contributed by atoms with Crippen LogP contribution in [0.15, 0.2) is 16.8 Å². The van der Waals surface area contributed by atoms with Gasteiger partial charge < -0.3 is 24.3 Å². The molecule has 0 saturated carbocycles. The lowest BCUT2D eigenvalue weighted by Gasteiger charge is -2.23. The molecule has 29 heavy (non-hydrogen) atoms. The van der Waals surface area contributed by atoms with E-state index in [1.54, 1.807) is 6.20 Å². The van der Waals surface area contributed by atoms with Crippen LogP contribution in [0.1, 0.15) is 29.9 Å². The van der Waals surface area contributed by atoms with Gasteiger partial charge in [0, 0.05) is 51.0 Å². The van der Waals surface area contributed by atoms with Gasteiger partial charge in [-0.2, -0.15) is 4.98 Å². The first kappa shape index (κ1) is 19.6. The van der Waals surface area contributed by atoms with Gasteiger partial charge in [0.1, 0.15) is 11.6 Å². The number of aliphatic hydroxyl groups is 1. The van der Waals surface area contributed by atoms with Crippen molar-refractivity contribution in [1.82, 2.24) is 20.0 Å². The van der Waals surface area contributed by atoms with E-state index in [1.807, 2.05) is 24.8 Å². The molecule has 9 heteroatoms. The van der Waals surface area contributed by atoms with Gasteiger partial charge in [-0.25, -0.2) is 4.98 Å². The molecule has 2 fully saturated rings. The third-order valence-corrected chi connectivity index (χ3v) is 5.76. The maximum Gasteiger partial charge on any atom is 0.227 e. The van der Waals surface area contributed by atoms with Crippen LogP contribution in [0, 0.1) is 13.8 Å². The number of hydrogen-bond donors (Lipinski definition) is 1. The lowest BCUT2D eigenvalue weighted by Crippen LogP contribution is -2.36. The molecule has 1 atom stereocenters. The predicted octanol–water partition coefficient (Wildman–Crippen LogP) is 0.934. The summed E-state index contributed by atoms with van der Waals surface area (Å²) in [6.07, 6.45) is 3.44. The number of hydrogen-bond acceptors (Lipinski definition) is 8. The highest BCUT2D eigenvalue weighted by Gasteiger charge is 2.25. The Kier molecular flexibility index (Phi) is 5.66. The molecule has 2 saturated heterocycles. The number of anilines is 2. The van der Waals surface area contributed by atoms with Crippen LogP contribution in [0.25, 0.3) is 0 Å². The number of carbonyl (C=O) groups is 1. The van der Waals surface area contributed by atoms with Crippen molar-refractivity contribution in [3.63, 3.8) is 0 Å². The Morgan fingerprint density at radius 3 is 2.79 bits per heavy atom. The summed E-state index contributed by atoms with van der Waals surface area (Å²) < 4.78 is 5.18. The molecule has 0 bridgehead atoms. The molecular formula is C20H28N6O3. The van der Waals surface area contributed by atoms with E-state index in [2.05, 4.69) is 19.9 Å². The molecule has 2 aromatic heterocycles. The van der Waals surface area contributed by atoms with E-state index in [0.717, 1.165) is 49.6 Å². The zero-order valence-corrected chi connectivity index (χ0v) is 17.0. The Balaban J connectivity index is 1.39. The molecule has 0 radical (unpaired) electrons. The van der Waals surface area contributed by atoms with Crippen molar-refractivity contribution in [1.29, 1.82) is 0 Å². The first-order valence-electron chi connectivity index (χ1n) is 10.2. The summed E-state index contributed by atoms with van der Waals surface area (Å²) in [6, 6.07) is 1.89. The molecule has 4 rings (SSSR count). The van der Waals surface area contributed by atoms with E-state index in [1.165, 1.54) is 0 Å². The first-order chi connectivity index (χ1) is 14.0. The van der Waals surface area contributed by atoms with Gasteiger partial charge in [0.15, 0.2) is 0 Å². The van der Waals surface area contributed by atoms with E-state index in [9.17, 15) is 9.90 Å². The molecule has 1 N–H and O–H groups in total. The van der Waals surface area contributed by atoms with Gasteiger partial charge in [-0.15, -0.1) is 0 Å². The zero-order valence-electron chi connectivity index (χ0n) is 17.0. The zero-order chi connectivity index (χ0) is 20.4. The Morgan fingerprint density at radius 1 is 1.21 bits per heavy atom. The molecular weight excluding hydrogens is 372 g/mol. The molecule has 1 amide bonds. The minimum absolute atomic E-state index is 0.0990. The van der Waals surface area contributed by atoms with Crippen LogP contribution < -0.4 is 9.80 Å². The Hall–Kier alpha value is -2.68. The van der Waals surface area contributed by atoms with Gasteiger partial charge in [0.2, 0.25) is 11.9 Å². The van der Waals surface area contributed by atoms with Crippen LogP contribution in [-0.4, -0.2) is 76.4 Å². The largest absolute Gasteiger partial charge is 0.391 e. The number of nitrogens with zero attached hydrogens (tertiary/aromatic N) is 6. The minimum atomic E-state index is -0.288. The second kappa shape index (κ2) is 8.36. The van der Waals surface area contributed by atoms with E-state index in [4.69, 9.17) is 9.51 Å². The molecule has 0 spiro atoms. The third-order valence-electron chi connectivity index (χ3n) is 5.76. The van der Waals surface area contributed by atoms with Crippen molar-refractivity contribution in [2.75, 3.05) is 49.1 Å². The monoisotopic (exact) mass is 400 g/mol. The van der Waals surface area contributed by atoms with E-state index < -0.39 is 0 Å². The summed E-state index contributed by atoms with van der Waals surface area (Å²) in [6.45, 7) is 7.99. The van der Waals surface area contributed by atoms with E-state index in [-0.39, 0.29) is 12.0 Å². The van der Waals surface area contributed by atoms with Crippen LogP contribution in [0.5, 0.6) is 0 Å². The van der Waals surface area contributed by atoms with Crippen molar-refractivity contribution in [3.8, 4) is 0 Å². The summed E-state index contributed by atoms with van der Waals surface area (Å²) in [5.74, 6) is 2.34. The van der Waals surface area contributed by atoms with Crippen molar-refractivity contribution < 1.29 is 14.4 Å². The van der Waals surface area contributed by atoms with Crippen molar-refractivity contribution in [3.05, 3.63) is 29.3 Å². The van der Waals surface area contributed by atoms with Crippen LogP contribution in [0.3, 0.4) is 0 Å². The first-order valence-corrected chi connectivity index (χ1v) is 10.2. The Labute approximate surface area is 170 Å². The van der Waals surface area contributed by atoms with Crippen LogP contribution in [-0.2, 0) is 11.2 Å². The van der Waals surface area contributed by atoms with Gasteiger partial charge in [-0.3, -0.25) is 4.79 Å². The predicted molar refractivity (Wildman–Crippen MR) is 108 cm³/mol. The van der Waals surface area contributed by atoms with Crippen LogP contribution in [0.2, 0.25) is 0 Å². The molecule has 4 heterocycles. The number of aliphatic hydroxyl groups excluding tert-OH is 1.